The van der Waals surface area contributed by atoms with Gasteiger partial charge in [-0.25, -0.2) is 9.67 Å². The fraction of sp³-hybridized carbons (Fsp3) is 0.200. The first-order valence-corrected chi connectivity index (χ1v) is 7.32. The van der Waals surface area contributed by atoms with E-state index in [9.17, 15) is 0 Å². The summed E-state index contributed by atoms with van der Waals surface area (Å²) in [6.07, 6.45) is 3.23. The Kier molecular flexibility index (Phi) is 3.52. The first kappa shape index (κ1) is 12.9. The number of hydrogen-bond acceptors (Lipinski definition) is 4. The van der Waals surface area contributed by atoms with E-state index in [1.165, 1.54) is 16.1 Å². The Labute approximate surface area is 122 Å². The molecule has 0 aliphatic carbocycles. The van der Waals surface area contributed by atoms with Crippen molar-refractivity contribution >= 4 is 17.0 Å². The molecule has 0 spiro atoms. The van der Waals surface area contributed by atoms with Gasteiger partial charge in [0.15, 0.2) is 0 Å². The molecule has 1 unspecified atom stereocenters. The van der Waals surface area contributed by atoms with E-state index in [2.05, 4.69) is 53.5 Å². The highest BCUT2D eigenvalue weighted by Crippen LogP contribution is 2.26. The Hall–Kier alpha value is -2.14. The highest BCUT2D eigenvalue weighted by molar-refractivity contribution is 7.12. The molecule has 4 nitrogen and oxygen atoms in total. The number of hydrogen-bond donors (Lipinski definition) is 1. The van der Waals surface area contributed by atoms with Crippen LogP contribution in [0.1, 0.15) is 22.7 Å². The first-order valence-electron chi connectivity index (χ1n) is 6.50. The van der Waals surface area contributed by atoms with Gasteiger partial charge in [0, 0.05) is 15.4 Å². The van der Waals surface area contributed by atoms with Crippen LogP contribution < -0.4 is 5.32 Å². The summed E-state index contributed by atoms with van der Waals surface area (Å²) in [6, 6.07) is 12.8. The molecule has 102 valence electrons. The maximum Gasteiger partial charge on any atom is 0.138 e. The van der Waals surface area contributed by atoms with Crippen LogP contribution in [0.5, 0.6) is 0 Å². The molecule has 0 bridgehead atoms. The lowest BCUT2D eigenvalue weighted by Crippen LogP contribution is -2.04. The fourth-order valence-corrected chi connectivity index (χ4v) is 2.94. The van der Waals surface area contributed by atoms with Crippen molar-refractivity contribution in [3.8, 4) is 5.69 Å². The zero-order valence-electron chi connectivity index (χ0n) is 11.4. The van der Waals surface area contributed by atoms with Gasteiger partial charge in [-0.2, -0.15) is 5.10 Å². The third-order valence-corrected chi connectivity index (χ3v) is 4.31. The van der Waals surface area contributed by atoms with Crippen LogP contribution in [-0.4, -0.2) is 14.8 Å². The maximum atomic E-state index is 4.11. The van der Waals surface area contributed by atoms with E-state index in [1.807, 2.05) is 23.5 Å². The summed E-state index contributed by atoms with van der Waals surface area (Å²) in [5.41, 5.74) is 2.11. The van der Waals surface area contributed by atoms with Gasteiger partial charge in [0.25, 0.3) is 0 Å². The monoisotopic (exact) mass is 284 g/mol. The third kappa shape index (κ3) is 2.72. The standard InChI is InChI=1S/C15H16N4S/c1-11-3-8-15(20-11)12(2)18-13-4-6-14(7-5-13)19-10-16-9-17-19/h3-10,12,18H,1-2H3. The summed E-state index contributed by atoms with van der Waals surface area (Å²) in [5.74, 6) is 0. The lowest BCUT2D eigenvalue weighted by atomic mass is 10.2. The van der Waals surface area contributed by atoms with Crippen LogP contribution in [-0.2, 0) is 0 Å². The number of rotatable bonds is 4. The quantitative estimate of drug-likeness (QED) is 0.792. The maximum absolute atomic E-state index is 4.11. The van der Waals surface area contributed by atoms with Crippen LogP contribution in [0.4, 0.5) is 5.69 Å². The third-order valence-electron chi connectivity index (χ3n) is 3.12. The van der Waals surface area contributed by atoms with Crippen molar-refractivity contribution in [3.63, 3.8) is 0 Å². The SMILES string of the molecule is Cc1ccc(C(C)Nc2ccc(-n3cncn3)cc2)s1. The Morgan fingerprint density at radius 1 is 1.15 bits per heavy atom. The van der Waals surface area contributed by atoms with E-state index in [1.54, 1.807) is 11.0 Å². The van der Waals surface area contributed by atoms with Crippen LogP contribution in [0.25, 0.3) is 5.69 Å². The average Bonchev–Trinajstić information content (AvgIpc) is 3.10. The molecule has 2 aromatic heterocycles. The molecule has 3 rings (SSSR count). The van der Waals surface area contributed by atoms with E-state index < -0.39 is 0 Å². The fourth-order valence-electron chi connectivity index (χ4n) is 2.06. The number of thiophene rings is 1. The summed E-state index contributed by atoms with van der Waals surface area (Å²) >= 11 is 1.83. The molecule has 0 aliphatic heterocycles. The number of aromatic nitrogens is 3. The number of nitrogens with one attached hydrogen (secondary N) is 1. The Morgan fingerprint density at radius 3 is 2.55 bits per heavy atom. The van der Waals surface area contributed by atoms with Crippen molar-refractivity contribution in [2.45, 2.75) is 19.9 Å². The second-order valence-corrected chi connectivity index (χ2v) is 6.02. The van der Waals surface area contributed by atoms with Gasteiger partial charge in [-0.05, 0) is 50.2 Å². The minimum atomic E-state index is 0.311. The van der Waals surface area contributed by atoms with Gasteiger partial charge in [-0.1, -0.05) is 0 Å². The smallest absolute Gasteiger partial charge is 0.138 e. The van der Waals surface area contributed by atoms with Crippen LogP contribution in [0.3, 0.4) is 0 Å². The average molecular weight is 284 g/mol. The molecule has 2 heterocycles. The van der Waals surface area contributed by atoms with Gasteiger partial charge in [0.2, 0.25) is 0 Å². The van der Waals surface area contributed by atoms with Crippen LogP contribution >= 0.6 is 11.3 Å². The molecule has 1 N–H and O–H groups in total. The van der Waals surface area contributed by atoms with E-state index in [-0.39, 0.29) is 0 Å². The van der Waals surface area contributed by atoms with Crippen molar-refractivity contribution in [3.05, 3.63) is 58.8 Å². The number of nitrogens with zero attached hydrogens (tertiary/aromatic N) is 3. The van der Waals surface area contributed by atoms with Gasteiger partial charge in [-0.3, -0.25) is 0 Å². The summed E-state index contributed by atoms with van der Waals surface area (Å²) < 4.78 is 1.75. The van der Waals surface area contributed by atoms with Crippen LogP contribution in [0.2, 0.25) is 0 Å². The normalized spacial score (nSPS) is 12.3. The van der Waals surface area contributed by atoms with E-state index in [0.717, 1.165) is 11.4 Å². The van der Waals surface area contributed by atoms with Gasteiger partial charge in [0.1, 0.15) is 12.7 Å². The zero-order chi connectivity index (χ0) is 13.9. The van der Waals surface area contributed by atoms with Crippen molar-refractivity contribution in [1.29, 1.82) is 0 Å². The molecule has 0 saturated carbocycles. The minimum absolute atomic E-state index is 0.311. The largest absolute Gasteiger partial charge is 0.378 e. The lowest BCUT2D eigenvalue weighted by Gasteiger charge is -2.14. The molecular formula is C15H16N4S. The predicted octanol–water partition coefficient (Wildman–Crippen LogP) is 3.81. The van der Waals surface area contributed by atoms with Crippen molar-refractivity contribution in [2.75, 3.05) is 5.32 Å². The molecule has 0 radical (unpaired) electrons. The summed E-state index contributed by atoms with van der Waals surface area (Å²) in [7, 11) is 0. The second-order valence-electron chi connectivity index (χ2n) is 4.70. The molecule has 1 atom stereocenters. The Morgan fingerprint density at radius 2 is 1.95 bits per heavy atom. The first-order chi connectivity index (χ1) is 9.72. The molecule has 5 heteroatoms. The summed E-state index contributed by atoms with van der Waals surface area (Å²) in [4.78, 5) is 6.64. The van der Waals surface area contributed by atoms with Gasteiger partial charge < -0.3 is 5.32 Å². The highest BCUT2D eigenvalue weighted by atomic mass is 32.1. The molecule has 3 aromatic rings. The number of benzene rings is 1. The van der Waals surface area contributed by atoms with Gasteiger partial charge in [-0.15, -0.1) is 11.3 Å². The van der Waals surface area contributed by atoms with Gasteiger partial charge >= 0.3 is 0 Å². The highest BCUT2D eigenvalue weighted by Gasteiger charge is 2.07. The van der Waals surface area contributed by atoms with Gasteiger partial charge in [0.05, 0.1) is 11.7 Å². The zero-order valence-corrected chi connectivity index (χ0v) is 12.3. The summed E-state index contributed by atoms with van der Waals surface area (Å²) in [5, 5.41) is 7.62. The molecular weight excluding hydrogens is 268 g/mol. The minimum Gasteiger partial charge on any atom is -0.378 e. The molecule has 0 saturated heterocycles. The van der Waals surface area contributed by atoms with E-state index >= 15 is 0 Å². The molecule has 20 heavy (non-hydrogen) atoms. The molecule has 0 aliphatic rings. The second kappa shape index (κ2) is 5.46. The van der Waals surface area contributed by atoms with Crippen molar-refractivity contribution in [1.82, 2.24) is 14.8 Å². The van der Waals surface area contributed by atoms with E-state index in [0.29, 0.717) is 6.04 Å². The number of aryl methyl sites for hydroxylation is 1. The topological polar surface area (TPSA) is 42.7 Å². The predicted molar refractivity (Wildman–Crippen MR) is 82.5 cm³/mol. The van der Waals surface area contributed by atoms with Crippen LogP contribution in [0, 0.1) is 6.92 Å². The Balaban J connectivity index is 1.72. The summed E-state index contributed by atoms with van der Waals surface area (Å²) in [6.45, 7) is 4.31. The molecule has 0 amide bonds. The number of anilines is 1. The van der Waals surface area contributed by atoms with Crippen LogP contribution in [0.15, 0.2) is 49.1 Å². The van der Waals surface area contributed by atoms with E-state index in [4.69, 9.17) is 0 Å². The lowest BCUT2D eigenvalue weighted by molar-refractivity contribution is 0.876. The van der Waals surface area contributed by atoms with Crippen molar-refractivity contribution in [2.24, 2.45) is 0 Å². The molecule has 1 aromatic carbocycles. The Bertz CT molecular complexity index is 670. The van der Waals surface area contributed by atoms with Crippen molar-refractivity contribution < 1.29 is 0 Å². The molecule has 0 fully saturated rings.